The van der Waals surface area contributed by atoms with E-state index in [1.54, 1.807) is 0 Å². The molecule has 0 fully saturated rings. The van der Waals surface area contributed by atoms with Crippen LogP contribution >= 0.6 is 0 Å². The minimum Gasteiger partial charge on any atom is -0.0804 e. The van der Waals surface area contributed by atoms with Gasteiger partial charge in [0.2, 0.25) is 0 Å². The zero-order valence-electron chi connectivity index (χ0n) is 11.7. The maximum atomic E-state index is 2.28. The molecule has 2 aromatic rings. The van der Waals surface area contributed by atoms with Crippen LogP contribution in [0.2, 0.25) is 0 Å². The molecule has 0 heterocycles. The molecule has 0 radical (unpaired) electrons. The molecular weight excluding hydrogens is 240 g/mol. The first-order valence-electron chi connectivity index (χ1n) is 7.03. The molecule has 0 N–H and O–H groups in total. The quantitative estimate of drug-likeness (QED) is 0.653. The summed E-state index contributed by atoms with van der Waals surface area (Å²) in [5, 5.41) is 0. The van der Waals surface area contributed by atoms with E-state index >= 15 is 0 Å². The Labute approximate surface area is 120 Å². The first-order valence-corrected chi connectivity index (χ1v) is 7.03. The van der Waals surface area contributed by atoms with Crippen molar-refractivity contribution in [1.29, 1.82) is 0 Å². The van der Waals surface area contributed by atoms with Crippen molar-refractivity contribution in [2.45, 2.75) is 13.3 Å². The van der Waals surface area contributed by atoms with Gasteiger partial charge < -0.3 is 0 Å². The monoisotopic (exact) mass is 258 g/mol. The van der Waals surface area contributed by atoms with Gasteiger partial charge in [-0.05, 0) is 41.7 Å². The van der Waals surface area contributed by atoms with E-state index in [0.29, 0.717) is 0 Å². The highest BCUT2D eigenvalue weighted by Gasteiger charge is 2.03. The third-order valence-corrected chi connectivity index (χ3v) is 3.56. The molecule has 0 nitrogen and oxygen atoms in total. The Morgan fingerprint density at radius 3 is 2.40 bits per heavy atom. The summed E-state index contributed by atoms with van der Waals surface area (Å²) in [5.41, 5.74) is 6.49. The molecule has 0 unspecified atom stereocenters. The Morgan fingerprint density at radius 1 is 0.800 bits per heavy atom. The first-order chi connectivity index (χ1) is 9.83. The van der Waals surface area contributed by atoms with Crippen LogP contribution in [-0.2, 0) is 0 Å². The fraction of sp³-hybridized carbons (Fsp3) is 0.100. The molecule has 0 aliphatic heterocycles. The Balaban J connectivity index is 2.02. The molecule has 0 aromatic heterocycles. The summed E-state index contributed by atoms with van der Waals surface area (Å²) in [6.45, 7) is 2.19. The highest BCUT2D eigenvalue weighted by Crippen LogP contribution is 2.26. The first kappa shape index (κ1) is 12.7. The van der Waals surface area contributed by atoms with Gasteiger partial charge in [0.05, 0.1) is 0 Å². The fourth-order valence-electron chi connectivity index (χ4n) is 2.49. The molecule has 1 aliphatic carbocycles. The summed E-state index contributed by atoms with van der Waals surface area (Å²) in [5.74, 6) is 0. The fourth-order valence-corrected chi connectivity index (χ4v) is 2.49. The minimum absolute atomic E-state index is 1.04. The van der Waals surface area contributed by atoms with Crippen LogP contribution in [0.15, 0.2) is 84.5 Å². The van der Waals surface area contributed by atoms with Crippen molar-refractivity contribution in [1.82, 2.24) is 0 Å². The van der Waals surface area contributed by atoms with Gasteiger partial charge in [0.15, 0.2) is 0 Å². The lowest BCUT2D eigenvalue weighted by atomic mass is 9.98. The molecular formula is C20H18. The van der Waals surface area contributed by atoms with E-state index in [-0.39, 0.29) is 0 Å². The van der Waals surface area contributed by atoms with Crippen molar-refractivity contribution in [2.24, 2.45) is 0 Å². The van der Waals surface area contributed by atoms with Gasteiger partial charge in [0.1, 0.15) is 0 Å². The molecule has 0 spiro atoms. The summed E-state index contributed by atoms with van der Waals surface area (Å²) >= 11 is 0. The maximum Gasteiger partial charge on any atom is -0.0135 e. The van der Waals surface area contributed by atoms with Crippen molar-refractivity contribution in [3.8, 4) is 11.1 Å². The average Bonchev–Trinajstić information content (AvgIpc) is 2.73. The van der Waals surface area contributed by atoms with E-state index in [2.05, 4.69) is 85.8 Å². The third kappa shape index (κ3) is 2.80. The summed E-state index contributed by atoms with van der Waals surface area (Å²) in [6, 6.07) is 19.3. The number of hydrogen-bond donors (Lipinski definition) is 0. The van der Waals surface area contributed by atoms with Crippen molar-refractivity contribution in [3.63, 3.8) is 0 Å². The highest BCUT2D eigenvalue weighted by molar-refractivity contribution is 5.79. The smallest absolute Gasteiger partial charge is 0.0135 e. The average molecular weight is 258 g/mol. The zero-order chi connectivity index (χ0) is 13.8. The Morgan fingerprint density at radius 2 is 1.55 bits per heavy atom. The second kappa shape index (κ2) is 5.75. The summed E-state index contributed by atoms with van der Waals surface area (Å²) in [7, 11) is 0. The van der Waals surface area contributed by atoms with E-state index in [1.165, 1.54) is 27.8 Å². The number of benzene rings is 2. The van der Waals surface area contributed by atoms with E-state index in [4.69, 9.17) is 0 Å². The van der Waals surface area contributed by atoms with Crippen molar-refractivity contribution < 1.29 is 0 Å². The SMILES string of the molecule is CC1=CC(c2cccc(-c3ccccc3)c2)=CC=CC1. The van der Waals surface area contributed by atoms with Crippen LogP contribution in [-0.4, -0.2) is 0 Å². The van der Waals surface area contributed by atoms with Crippen LogP contribution in [0.25, 0.3) is 16.7 Å². The summed E-state index contributed by atoms with van der Waals surface area (Å²) < 4.78 is 0. The normalized spacial score (nSPS) is 14.4. The third-order valence-electron chi connectivity index (χ3n) is 3.56. The number of rotatable bonds is 2. The Bertz CT molecular complexity index is 685. The second-order valence-corrected chi connectivity index (χ2v) is 5.19. The molecule has 20 heavy (non-hydrogen) atoms. The second-order valence-electron chi connectivity index (χ2n) is 5.19. The largest absolute Gasteiger partial charge is 0.0804 e. The van der Waals surface area contributed by atoms with Crippen molar-refractivity contribution in [2.75, 3.05) is 0 Å². The van der Waals surface area contributed by atoms with Gasteiger partial charge in [0, 0.05) is 0 Å². The van der Waals surface area contributed by atoms with Gasteiger partial charge in [-0.3, -0.25) is 0 Å². The summed E-state index contributed by atoms with van der Waals surface area (Å²) in [4.78, 5) is 0. The molecule has 0 bridgehead atoms. The van der Waals surface area contributed by atoms with E-state index in [0.717, 1.165) is 6.42 Å². The molecule has 1 aliphatic rings. The van der Waals surface area contributed by atoms with E-state index < -0.39 is 0 Å². The summed E-state index contributed by atoms with van der Waals surface area (Å²) in [6.07, 6.45) is 9.88. The minimum atomic E-state index is 1.04. The van der Waals surface area contributed by atoms with Crippen LogP contribution in [0.4, 0.5) is 0 Å². The van der Waals surface area contributed by atoms with E-state index in [1.807, 2.05) is 0 Å². The van der Waals surface area contributed by atoms with Gasteiger partial charge in [-0.1, -0.05) is 78.4 Å². The lowest BCUT2D eigenvalue weighted by molar-refractivity contribution is 1.22. The van der Waals surface area contributed by atoms with Crippen molar-refractivity contribution in [3.05, 3.63) is 90.0 Å². The molecule has 0 saturated heterocycles. The van der Waals surface area contributed by atoms with Crippen LogP contribution < -0.4 is 0 Å². The van der Waals surface area contributed by atoms with Crippen LogP contribution in [0.5, 0.6) is 0 Å². The maximum absolute atomic E-state index is 2.28. The molecule has 98 valence electrons. The van der Waals surface area contributed by atoms with Gasteiger partial charge in [-0.2, -0.15) is 0 Å². The van der Waals surface area contributed by atoms with Gasteiger partial charge in [-0.15, -0.1) is 0 Å². The zero-order valence-corrected chi connectivity index (χ0v) is 11.7. The molecule has 0 saturated carbocycles. The Kier molecular flexibility index (Phi) is 3.64. The lowest BCUT2D eigenvalue weighted by Crippen LogP contribution is -1.84. The molecule has 3 rings (SSSR count). The number of hydrogen-bond acceptors (Lipinski definition) is 0. The van der Waals surface area contributed by atoms with Gasteiger partial charge in [-0.25, -0.2) is 0 Å². The van der Waals surface area contributed by atoms with E-state index in [9.17, 15) is 0 Å². The standard InChI is InChI=1S/C20H18/c1-16-8-5-6-11-18(14-16)20-13-7-12-19(15-20)17-9-3-2-4-10-17/h2-7,9-15H,8H2,1H3. The topological polar surface area (TPSA) is 0 Å². The molecule has 0 atom stereocenters. The molecule has 0 heteroatoms. The van der Waals surface area contributed by atoms with Gasteiger partial charge in [0.25, 0.3) is 0 Å². The highest BCUT2D eigenvalue weighted by atomic mass is 14.1. The molecule has 0 amide bonds. The lowest BCUT2D eigenvalue weighted by Gasteiger charge is -2.07. The predicted octanol–water partition coefficient (Wildman–Crippen LogP) is 5.64. The van der Waals surface area contributed by atoms with Crippen LogP contribution in [0.3, 0.4) is 0 Å². The number of allylic oxidation sites excluding steroid dienone is 6. The van der Waals surface area contributed by atoms with Crippen LogP contribution in [0.1, 0.15) is 18.9 Å². The van der Waals surface area contributed by atoms with Crippen LogP contribution in [0, 0.1) is 0 Å². The molecule has 2 aromatic carbocycles. The van der Waals surface area contributed by atoms with Crippen molar-refractivity contribution >= 4 is 5.57 Å². The van der Waals surface area contributed by atoms with Gasteiger partial charge >= 0.3 is 0 Å². The predicted molar refractivity (Wildman–Crippen MR) is 87.4 cm³/mol. The Hall–Kier alpha value is -2.34.